The number of nitrogens with zero attached hydrogens (tertiary/aromatic N) is 1. The van der Waals surface area contributed by atoms with Gasteiger partial charge < -0.3 is 15.2 Å². The zero-order valence-electron chi connectivity index (χ0n) is 19.2. The molecule has 1 aliphatic heterocycles. The lowest BCUT2D eigenvalue weighted by atomic mass is 10.1. The van der Waals surface area contributed by atoms with Gasteiger partial charge in [0.25, 0.3) is 0 Å². The minimum absolute atomic E-state index is 0.0256. The van der Waals surface area contributed by atoms with Gasteiger partial charge in [0, 0.05) is 12.2 Å². The first kappa shape index (κ1) is 22.4. The number of rotatable bonds is 7. The Balaban J connectivity index is 1.22. The summed E-state index contributed by atoms with van der Waals surface area (Å²) in [4.78, 5) is 14.7. The molecule has 1 heterocycles. The Morgan fingerprint density at radius 1 is 1.00 bits per heavy atom. The highest BCUT2D eigenvalue weighted by molar-refractivity contribution is 5.84. The van der Waals surface area contributed by atoms with E-state index < -0.39 is 6.09 Å². The lowest BCUT2D eigenvalue weighted by Gasteiger charge is -2.30. The van der Waals surface area contributed by atoms with Gasteiger partial charge in [0.05, 0.1) is 6.04 Å². The quantitative estimate of drug-likeness (QED) is 0.535. The molecule has 5 rings (SSSR count). The number of anilines is 1. The second kappa shape index (κ2) is 10.3. The smallest absolute Gasteiger partial charge is 0.411 e. The third-order valence-electron chi connectivity index (χ3n) is 6.84. The van der Waals surface area contributed by atoms with Crippen LogP contribution in [0.3, 0.4) is 0 Å². The van der Waals surface area contributed by atoms with Crippen LogP contribution in [0.5, 0.6) is 5.75 Å². The number of fused-ring (bicyclic) bond motifs is 1. The van der Waals surface area contributed by atoms with Gasteiger partial charge in [-0.05, 0) is 72.8 Å². The maximum atomic E-state index is 12.1. The molecule has 176 valence electrons. The highest BCUT2D eigenvalue weighted by Gasteiger charge is 2.40. The van der Waals surface area contributed by atoms with Crippen LogP contribution in [0.2, 0.25) is 0 Å². The number of likely N-dealkylation sites (tertiary alicyclic amines) is 1. The number of nitrogens with two attached hydrogens (primary N) is 1. The van der Waals surface area contributed by atoms with Crippen molar-refractivity contribution in [3.8, 4) is 5.75 Å². The molecule has 0 spiro atoms. The van der Waals surface area contributed by atoms with Crippen molar-refractivity contribution in [2.45, 2.75) is 31.6 Å². The van der Waals surface area contributed by atoms with Crippen LogP contribution >= 0.6 is 0 Å². The van der Waals surface area contributed by atoms with Gasteiger partial charge in [-0.1, -0.05) is 54.6 Å². The van der Waals surface area contributed by atoms with Gasteiger partial charge in [-0.15, -0.1) is 0 Å². The average Bonchev–Trinajstić information content (AvgIpc) is 3.49. The molecule has 3 N–H and O–H groups in total. The lowest BCUT2D eigenvalue weighted by Crippen LogP contribution is -2.39. The van der Waals surface area contributed by atoms with Crippen molar-refractivity contribution in [2.24, 2.45) is 11.7 Å². The number of nitrogens with one attached hydrogen (secondary N) is 1. The van der Waals surface area contributed by atoms with Crippen molar-refractivity contribution in [1.82, 2.24) is 4.90 Å². The average molecular weight is 458 g/mol. The first-order valence-electron chi connectivity index (χ1n) is 12.0. The van der Waals surface area contributed by atoms with E-state index in [2.05, 4.69) is 34.5 Å². The Hall–Kier alpha value is -3.35. The molecule has 2 aliphatic rings. The first-order valence-corrected chi connectivity index (χ1v) is 12.0. The molecule has 1 saturated heterocycles. The van der Waals surface area contributed by atoms with E-state index in [1.165, 1.54) is 11.1 Å². The number of hydrogen-bond acceptors (Lipinski definition) is 5. The third kappa shape index (κ3) is 5.08. The number of carbonyl (C=O) groups is 1. The van der Waals surface area contributed by atoms with Crippen LogP contribution in [0.15, 0.2) is 78.9 Å². The molecule has 34 heavy (non-hydrogen) atoms. The van der Waals surface area contributed by atoms with Gasteiger partial charge in [0.2, 0.25) is 0 Å². The molecule has 0 bridgehead atoms. The van der Waals surface area contributed by atoms with Crippen LogP contribution in [-0.2, 0) is 17.8 Å². The summed E-state index contributed by atoms with van der Waals surface area (Å²) in [7, 11) is 0. The Morgan fingerprint density at radius 3 is 2.53 bits per heavy atom. The van der Waals surface area contributed by atoms with E-state index in [1.807, 2.05) is 54.6 Å². The molecule has 3 atom stereocenters. The zero-order chi connectivity index (χ0) is 23.3. The summed E-state index contributed by atoms with van der Waals surface area (Å²) < 4.78 is 11.8. The highest BCUT2D eigenvalue weighted by Crippen LogP contribution is 2.39. The number of carbonyl (C=O) groups excluding carboxylic acids is 1. The van der Waals surface area contributed by atoms with E-state index in [4.69, 9.17) is 15.2 Å². The van der Waals surface area contributed by atoms with E-state index in [9.17, 15) is 4.79 Å². The van der Waals surface area contributed by atoms with E-state index in [0.29, 0.717) is 17.6 Å². The van der Waals surface area contributed by atoms with Gasteiger partial charge in [-0.25, -0.2) is 4.79 Å². The Morgan fingerprint density at radius 2 is 1.76 bits per heavy atom. The molecular weight excluding hydrogens is 426 g/mol. The van der Waals surface area contributed by atoms with E-state index in [-0.39, 0.29) is 12.7 Å². The van der Waals surface area contributed by atoms with Crippen LogP contribution < -0.4 is 15.8 Å². The molecule has 3 aromatic carbocycles. The van der Waals surface area contributed by atoms with Crippen molar-refractivity contribution in [2.75, 3.05) is 25.0 Å². The number of hydrogen-bond donors (Lipinski definition) is 2. The van der Waals surface area contributed by atoms with Gasteiger partial charge >= 0.3 is 6.09 Å². The summed E-state index contributed by atoms with van der Waals surface area (Å²) in [6, 6.07) is 26.0. The lowest BCUT2D eigenvalue weighted by molar-refractivity contribution is 0.0917. The normalized spacial score (nSPS) is 21.7. The van der Waals surface area contributed by atoms with E-state index in [0.717, 1.165) is 43.8 Å². The van der Waals surface area contributed by atoms with Gasteiger partial charge in [-0.3, -0.25) is 10.2 Å². The molecule has 0 radical (unpaired) electrons. The van der Waals surface area contributed by atoms with Gasteiger partial charge in [0.15, 0.2) is 0 Å². The number of benzene rings is 3. The number of ether oxygens (including phenoxy) is 2. The SMILES string of the molecule is NCC1CCN([C@@H]2Cc3ccccc3[C@H]2Oc2ccc(NC(=O)OCc3ccccc3)cc2)C1. The van der Waals surface area contributed by atoms with Crippen molar-refractivity contribution in [3.63, 3.8) is 0 Å². The summed E-state index contributed by atoms with van der Waals surface area (Å²) in [6.45, 7) is 3.07. The largest absolute Gasteiger partial charge is 0.484 e. The molecule has 6 nitrogen and oxygen atoms in total. The van der Waals surface area contributed by atoms with Crippen molar-refractivity contribution in [1.29, 1.82) is 0 Å². The van der Waals surface area contributed by atoms with Crippen LogP contribution in [0.4, 0.5) is 10.5 Å². The minimum atomic E-state index is -0.481. The summed E-state index contributed by atoms with van der Waals surface area (Å²) in [5.74, 6) is 1.35. The second-order valence-corrected chi connectivity index (χ2v) is 9.11. The third-order valence-corrected chi connectivity index (χ3v) is 6.84. The number of amides is 1. The van der Waals surface area contributed by atoms with Crippen LogP contribution in [0.1, 0.15) is 29.2 Å². The van der Waals surface area contributed by atoms with Crippen LogP contribution in [0, 0.1) is 5.92 Å². The molecule has 1 aliphatic carbocycles. The van der Waals surface area contributed by atoms with Gasteiger partial charge in [-0.2, -0.15) is 0 Å². The molecule has 1 fully saturated rings. The molecule has 6 heteroatoms. The molecule has 1 amide bonds. The van der Waals surface area contributed by atoms with Crippen LogP contribution in [0.25, 0.3) is 0 Å². The van der Waals surface area contributed by atoms with Gasteiger partial charge in [0.1, 0.15) is 18.5 Å². The van der Waals surface area contributed by atoms with Crippen LogP contribution in [-0.4, -0.2) is 36.7 Å². The minimum Gasteiger partial charge on any atom is -0.484 e. The Labute approximate surface area is 200 Å². The second-order valence-electron chi connectivity index (χ2n) is 9.11. The molecular formula is C28H31N3O3. The maximum absolute atomic E-state index is 12.1. The predicted octanol–water partition coefficient (Wildman–Crippen LogP) is 4.76. The molecule has 1 unspecified atom stereocenters. The maximum Gasteiger partial charge on any atom is 0.411 e. The topological polar surface area (TPSA) is 76.8 Å². The predicted molar refractivity (Wildman–Crippen MR) is 133 cm³/mol. The molecule has 0 saturated carbocycles. The summed E-state index contributed by atoms with van der Waals surface area (Å²) >= 11 is 0. The Bertz CT molecular complexity index is 1100. The van der Waals surface area contributed by atoms with Crippen molar-refractivity contribution >= 4 is 11.8 Å². The van der Waals surface area contributed by atoms with E-state index >= 15 is 0 Å². The fourth-order valence-electron chi connectivity index (χ4n) is 5.00. The first-order chi connectivity index (χ1) is 16.7. The standard InChI is InChI=1S/C28H31N3O3/c29-17-21-14-15-31(18-21)26-16-22-8-4-5-9-25(22)27(26)34-24-12-10-23(11-13-24)30-28(32)33-19-20-6-2-1-3-7-20/h1-13,21,26-27H,14-19,29H2,(H,30,32)/t21?,26-,27-/m1/s1. The zero-order valence-corrected chi connectivity index (χ0v) is 19.2. The Kier molecular flexibility index (Phi) is 6.79. The van der Waals surface area contributed by atoms with Crippen molar-refractivity contribution < 1.29 is 14.3 Å². The monoisotopic (exact) mass is 457 g/mol. The molecule has 0 aromatic heterocycles. The summed E-state index contributed by atoms with van der Waals surface area (Å²) in [6.07, 6.45) is 1.63. The highest BCUT2D eigenvalue weighted by atomic mass is 16.5. The summed E-state index contributed by atoms with van der Waals surface area (Å²) in [5.41, 5.74) is 10.2. The fraction of sp³-hybridized carbons (Fsp3) is 0.321. The van der Waals surface area contributed by atoms with Crippen molar-refractivity contribution in [3.05, 3.63) is 95.6 Å². The van der Waals surface area contributed by atoms with E-state index in [1.54, 1.807) is 0 Å². The molecule has 3 aromatic rings. The summed E-state index contributed by atoms with van der Waals surface area (Å²) in [5, 5.41) is 2.78. The fourth-order valence-corrected chi connectivity index (χ4v) is 5.00.